The largest absolute Gasteiger partial charge is 0.495 e. The molecule has 4 aliphatic heterocycles. The Morgan fingerprint density at radius 1 is 1.19 bits per heavy atom. The van der Waals surface area contributed by atoms with Crippen LogP contribution in [-0.2, 0) is 17.9 Å². The molecule has 4 atom stereocenters. The Morgan fingerprint density at radius 2 is 2.00 bits per heavy atom. The molecular formula is C23H32N6O3. The molecule has 4 saturated heterocycles. The van der Waals surface area contributed by atoms with Crippen molar-refractivity contribution in [1.29, 1.82) is 0 Å². The van der Waals surface area contributed by atoms with Gasteiger partial charge in [-0.15, -0.1) is 5.10 Å². The summed E-state index contributed by atoms with van der Waals surface area (Å²) in [4.78, 5) is 20.3. The van der Waals surface area contributed by atoms with Gasteiger partial charge in [-0.3, -0.25) is 14.4 Å². The molecule has 0 spiro atoms. The van der Waals surface area contributed by atoms with Crippen LogP contribution < -0.4 is 9.64 Å². The Kier molecular flexibility index (Phi) is 6.01. The molecule has 1 aromatic carbocycles. The number of para-hydroxylation sites is 2. The third-order valence-electron chi connectivity index (χ3n) is 7.36. The molecule has 4 aliphatic rings. The quantitative estimate of drug-likeness (QED) is 0.712. The Bertz CT molecular complexity index is 941. The van der Waals surface area contributed by atoms with E-state index in [1.54, 1.807) is 7.11 Å². The number of piperazine rings is 1. The second-order valence-electron chi connectivity index (χ2n) is 9.11. The van der Waals surface area contributed by atoms with Gasteiger partial charge in [-0.25, -0.2) is 0 Å². The van der Waals surface area contributed by atoms with Crippen LogP contribution in [-0.4, -0.2) is 88.2 Å². The number of carbonyl (C=O) groups excluding carboxylic acids is 1. The molecular weight excluding hydrogens is 408 g/mol. The lowest BCUT2D eigenvalue weighted by atomic mass is 9.75. The number of hydrogen-bond donors (Lipinski definition) is 1. The standard InChI is InChI=1S/C23H32N6O3/c1-32-22-5-3-2-4-21(22)26-8-10-27(11-9-26)23(31)20-15-28-7-6-17(20)12-19(28)14-29-13-18(16-30)24-25-29/h2-5,13,17,19-20,30H,6-12,14-16H2,1H3/t17-,19-,20-/m1/s1. The second kappa shape index (κ2) is 9.07. The summed E-state index contributed by atoms with van der Waals surface area (Å²) in [5, 5.41) is 17.3. The van der Waals surface area contributed by atoms with E-state index in [1.807, 2.05) is 29.1 Å². The number of nitrogens with zero attached hydrogens (tertiary/aromatic N) is 6. The highest BCUT2D eigenvalue weighted by Crippen LogP contribution is 2.38. The van der Waals surface area contributed by atoms with Crippen LogP contribution in [0.25, 0.3) is 0 Å². The number of fused-ring (bicyclic) bond motifs is 3. The first kappa shape index (κ1) is 21.2. The molecule has 9 nitrogen and oxygen atoms in total. The van der Waals surface area contributed by atoms with E-state index in [0.29, 0.717) is 23.6 Å². The minimum absolute atomic E-state index is 0.0854. The highest BCUT2D eigenvalue weighted by molar-refractivity contribution is 5.80. The Morgan fingerprint density at radius 3 is 2.69 bits per heavy atom. The number of carbonyl (C=O) groups is 1. The van der Waals surface area contributed by atoms with Crippen molar-refractivity contribution in [3.05, 3.63) is 36.2 Å². The van der Waals surface area contributed by atoms with Gasteiger partial charge in [0.25, 0.3) is 0 Å². The third kappa shape index (κ3) is 4.06. The van der Waals surface area contributed by atoms with Gasteiger partial charge in [-0.05, 0) is 37.4 Å². The zero-order valence-electron chi connectivity index (χ0n) is 18.6. The van der Waals surface area contributed by atoms with E-state index in [1.165, 1.54) is 0 Å². The van der Waals surface area contributed by atoms with Crippen molar-refractivity contribution in [3.8, 4) is 5.75 Å². The molecule has 1 aromatic heterocycles. The lowest BCUT2D eigenvalue weighted by Gasteiger charge is -2.50. The first-order valence-corrected chi connectivity index (χ1v) is 11.6. The van der Waals surface area contributed by atoms with Crippen LogP contribution in [0.1, 0.15) is 18.5 Å². The summed E-state index contributed by atoms with van der Waals surface area (Å²) in [7, 11) is 1.70. The third-order valence-corrected chi connectivity index (χ3v) is 7.36. The van der Waals surface area contributed by atoms with Crippen LogP contribution in [0.5, 0.6) is 5.75 Å². The Hall–Kier alpha value is -2.65. The number of hydrogen-bond acceptors (Lipinski definition) is 7. The van der Waals surface area contributed by atoms with Crippen LogP contribution in [0.4, 0.5) is 5.69 Å². The average Bonchev–Trinajstić information content (AvgIpc) is 3.31. The number of methoxy groups -OCH3 is 1. The molecule has 172 valence electrons. The van der Waals surface area contributed by atoms with Crippen molar-refractivity contribution >= 4 is 11.6 Å². The molecule has 2 aromatic rings. The summed E-state index contributed by atoms with van der Waals surface area (Å²) in [5.74, 6) is 1.74. The molecule has 1 N–H and O–H groups in total. The number of rotatable bonds is 6. The predicted molar refractivity (Wildman–Crippen MR) is 119 cm³/mol. The number of anilines is 1. The van der Waals surface area contributed by atoms with Crippen molar-refractivity contribution in [2.24, 2.45) is 11.8 Å². The van der Waals surface area contributed by atoms with Crippen molar-refractivity contribution < 1.29 is 14.6 Å². The summed E-state index contributed by atoms with van der Waals surface area (Å²) in [6.45, 7) is 5.73. The lowest BCUT2D eigenvalue weighted by molar-refractivity contribution is -0.144. The molecule has 0 aliphatic carbocycles. The fraction of sp³-hybridized carbons (Fsp3) is 0.609. The second-order valence-corrected chi connectivity index (χ2v) is 9.11. The van der Waals surface area contributed by atoms with Gasteiger partial charge in [-0.1, -0.05) is 17.3 Å². The number of amides is 1. The number of ether oxygens (including phenoxy) is 1. The molecule has 1 amide bonds. The van der Waals surface area contributed by atoms with E-state index in [2.05, 4.69) is 31.1 Å². The minimum atomic E-state index is -0.0854. The van der Waals surface area contributed by atoms with Gasteiger partial charge in [0.1, 0.15) is 11.4 Å². The normalized spacial score (nSPS) is 27.6. The smallest absolute Gasteiger partial charge is 0.227 e. The van der Waals surface area contributed by atoms with Gasteiger partial charge in [0.15, 0.2) is 0 Å². The Labute approximate surface area is 188 Å². The lowest BCUT2D eigenvalue weighted by Crippen LogP contribution is -2.60. The average molecular weight is 441 g/mol. The van der Waals surface area contributed by atoms with Gasteiger partial charge in [-0.2, -0.15) is 0 Å². The molecule has 1 unspecified atom stereocenters. The highest BCUT2D eigenvalue weighted by atomic mass is 16.5. The summed E-state index contributed by atoms with van der Waals surface area (Å²) < 4.78 is 7.34. The van der Waals surface area contributed by atoms with E-state index in [-0.39, 0.29) is 12.5 Å². The zero-order valence-corrected chi connectivity index (χ0v) is 18.6. The molecule has 9 heteroatoms. The van der Waals surface area contributed by atoms with E-state index >= 15 is 0 Å². The van der Waals surface area contributed by atoms with Crippen molar-refractivity contribution in [2.75, 3.05) is 51.3 Å². The minimum Gasteiger partial charge on any atom is -0.495 e. The molecule has 0 radical (unpaired) electrons. The molecule has 32 heavy (non-hydrogen) atoms. The predicted octanol–water partition coefficient (Wildman–Crippen LogP) is 0.838. The van der Waals surface area contributed by atoms with Gasteiger partial charge in [0.05, 0.1) is 38.1 Å². The fourth-order valence-corrected chi connectivity index (χ4v) is 5.62. The first-order chi connectivity index (χ1) is 15.7. The van der Waals surface area contributed by atoms with Crippen molar-refractivity contribution in [2.45, 2.75) is 32.0 Å². The number of aliphatic hydroxyl groups is 1. The summed E-state index contributed by atoms with van der Waals surface area (Å²) in [6.07, 6.45) is 3.92. The highest BCUT2D eigenvalue weighted by Gasteiger charge is 2.44. The monoisotopic (exact) mass is 440 g/mol. The first-order valence-electron chi connectivity index (χ1n) is 11.6. The molecule has 0 saturated carbocycles. The van der Waals surface area contributed by atoms with Gasteiger partial charge in [0, 0.05) is 38.8 Å². The fourth-order valence-electron chi connectivity index (χ4n) is 5.62. The van der Waals surface area contributed by atoms with E-state index in [9.17, 15) is 9.90 Å². The topological polar surface area (TPSA) is 87.0 Å². The zero-order chi connectivity index (χ0) is 22.1. The molecule has 4 fully saturated rings. The van der Waals surface area contributed by atoms with Gasteiger partial charge >= 0.3 is 0 Å². The van der Waals surface area contributed by atoms with E-state index in [4.69, 9.17) is 4.74 Å². The Balaban J connectivity index is 1.17. The SMILES string of the molecule is COc1ccccc1N1CCN(C(=O)[C@@H]2CN3CC[C@@H]2C[C@@H]3Cn2cc(CO)nn2)CC1. The molecule has 6 rings (SSSR count). The molecule has 2 bridgehead atoms. The maximum absolute atomic E-state index is 13.4. The van der Waals surface area contributed by atoms with E-state index < -0.39 is 0 Å². The van der Waals surface area contributed by atoms with Crippen molar-refractivity contribution in [1.82, 2.24) is 24.8 Å². The van der Waals surface area contributed by atoms with Crippen LogP contribution >= 0.6 is 0 Å². The maximum atomic E-state index is 13.4. The van der Waals surface area contributed by atoms with Crippen LogP contribution in [0.2, 0.25) is 0 Å². The van der Waals surface area contributed by atoms with Crippen LogP contribution in [0.15, 0.2) is 30.5 Å². The van der Waals surface area contributed by atoms with Crippen molar-refractivity contribution in [3.63, 3.8) is 0 Å². The number of aromatic nitrogens is 3. The van der Waals surface area contributed by atoms with Gasteiger partial charge < -0.3 is 19.6 Å². The van der Waals surface area contributed by atoms with Crippen LogP contribution in [0, 0.1) is 11.8 Å². The summed E-state index contributed by atoms with van der Waals surface area (Å²) >= 11 is 0. The molecule has 5 heterocycles. The summed E-state index contributed by atoms with van der Waals surface area (Å²) in [5.41, 5.74) is 1.70. The number of benzene rings is 1. The maximum Gasteiger partial charge on any atom is 0.227 e. The van der Waals surface area contributed by atoms with Crippen LogP contribution in [0.3, 0.4) is 0 Å². The number of aliphatic hydroxyl groups excluding tert-OH is 1. The number of piperidine rings is 3. The summed E-state index contributed by atoms with van der Waals surface area (Å²) in [6, 6.07) is 8.47. The van der Waals surface area contributed by atoms with E-state index in [0.717, 1.165) is 70.1 Å². The van der Waals surface area contributed by atoms with Gasteiger partial charge in [0.2, 0.25) is 5.91 Å².